The first-order chi connectivity index (χ1) is 14.7. The Balaban J connectivity index is 1.94. The average molecular weight is 453 g/mol. The maximum Gasteiger partial charge on any atom is 0.268 e. The van der Waals surface area contributed by atoms with Gasteiger partial charge in [-0.3, -0.25) is 4.55 Å². The van der Waals surface area contributed by atoms with Gasteiger partial charge in [-0.2, -0.15) is 8.42 Å². The molecule has 0 radical (unpaired) electrons. The van der Waals surface area contributed by atoms with Gasteiger partial charge in [0.1, 0.15) is 29.0 Å². The molecule has 0 spiro atoms. The molecule has 0 aromatic heterocycles. The van der Waals surface area contributed by atoms with Crippen LogP contribution >= 0.6 is 0 Å². The summed E-state index contributed by atoms with van der Waals surface area (Å²) < 4.78 is 44.1. The summed E-state index contributed by atoms with van der Waals surface area (Å²) in [5.41, 5.74) is 0.775. The molecule has 1 aliphatic rings. The zero-order valence-corrected chi connectivity index (χ0v) is 20.3. The van der Waals surface area contributed by atoms with Crippen LogP contribution in [0.5, 0.6) is 11.5 Å². The number of rotatable bonds is 14. The van der Waals surface area contributed by atoms with Crippen molar-refractivity contribution < 1.29 is 22.4 Å². The van der Waals surface area contributed by atoms with Gasteiger partial charge in [0.15, 0.2) is 0 Å². The lowest BCUT2D eigenvalue weighted by Gasteiger charge is -2.34. The lowest BCUT2D eigenvalue weighted by atomic mass is 9.91. The minimum Gasteiger partial charge on any atom is -0.489 e. The van der Waals surface area contributed by atoms with Crippen molar-refractivity contribution in [1.82, 2.24) is 0 Å². The van der Waals surface area contributed by atoms with Crippen molar-refractivity contribution in [2.45, 2.75) is 103 Å². The quantitative estimate of drug-likeness (QED) is 0.198. The van der Waals surface area contributed by atoms with E-state index < -0.39 is 16.2 Å². The Morgan fingerprint density at radius 3 is 2.61 bits per heavy atom. The molecule has 2 unspecified atom stereocenters. The topological polar surface area (TPSA) is 72.8 Å². The number of allylic oxidation sites excluding steroid dienone is 1. The highest BCUT2D eigenvalue weighted by atomic mass is 32.2. The molecule has 0 saturated heterocycles. The van der Waals surface area contributed by atoms with Gasteiger partial charge < -0.3 is 9.47 Å². The van der Waals surface area contributed by atoms with Crippen LogP contribution in [-0.2, 0) is 16.5 Å². The molecule has 2 atom stereocenters. The summed E-state index contributed by atoms with van der Waals surface area (Å²) in [6.07, 6.45) is 15.6. The van der Waals surface area contributed by atoms with Crippen LogP contribution in [0.1, 0.15) is 90.5 Å². The lowest BCUT2D eigenvalue weighted by Crippen LogP contribution is -2.34. The third kappa shape index (κ3) is 9.65. The molecular weight excluding hydrogens is 412 g/mol. The lowest BCUT2D eigenvalue weighted by molar-refractivity contribution is 0.113. The summed E-state index contributed by atoms with van der Waals surface area (Å²) in [7, 11) is -4.08. The van der Waals surface area contributed by atoms with E-state index in [9.17, 15) is 13.0 Å². The first-order valence-electron chi connectivity index (χ1n) is 11.9. The number of fused-ring (bicyclic) bond motifs is 1. The van der Waals surface area contributed by atoms with Crippen LogP contribution in [0.4, 0.5) is 0 Å². The van der Waals surface area contributed by atoms with E-state index in [1.165, 1.54) is 32.1 Å². The van der Waals surface area contributed by atoms with Gasteiger partial charge in [-0.1, -0.05) is 58.4 Å². The summed E-state index contributed by atoms with van der Waals surface area (Å²) in [6, 6.07) is 5.67. The van der Waals surface area contributed by atoms with Crippen LogP contribution in [0.25, 0.3) is 0 Å². The highest BCUT2D eigenvalue weighted by Crippen LogP contribution is 2.36. The van der Waals surface area contributed by atoms with E-state index >= 15 is 0 Å². The van der Waals surface area contributed by atoms with E-state index in [2.05, 4.69) is 26.0 Å². The fourth-order valence-corrected chi connectivity index (χ4v) is 4.66. The molecule has 0 amide bonds. The van der Waals surface area contributed by atoms with Crippen molar-refractivity contribution in [3.63, 3.8) is 0 Å². The zero-order chi connectivity index (χ0) is 22.7. The first kappa shape index (κ1) is 25.7. The van der Waals surface area contributed by atoms with E-state index in [1.54, 1.807) is 0 Å². The second-order valence-electron chi connectivity index (χ2n) is 8.92. The standard InChI is InChI=1S/C25H40O5S/c1-4-6-8-9-10-11-12-17-25(3)18-16-21-19-22(14-15-24(21)30-25)29-23(13-7-5-2)20-31(26,27)28/h12,14-15,17,19,23H,4-11,13,16,18,20H2,1-3H3,(H,26,27,28). The molecule has 1 aliphatic heterocycles. The molecule has 0 bridgehead atoms. The number of hydrogen-bond acceptors (Lipinski definition) is 4. The van der Waals surface area contributed by atoms with E-state index in [1.807, 2.05) is 25.1 Å². The van der Waals surface area contributed by atoms with Gasteiger partial charge in [0.25, 0.3) is 10.1 Å². The number of hydrogen-bond donors (Lipinski definition) is 1. The van der Waals surface area contributed by atoms with Crippen LogP contribution in [0, 0.1) is 0 Å². The Labute approximate surface area is 189 Å². The summed E-state index contributed by atoms with van der Waals surface area (Å²) >= 11 is 0. The van der Waals surface area contributed by atoms with Crippen LogP contribution in [0.3, 0.4) is 0 Å². The van der Waals surface area contributed by atoms with Gasteiger partial charge >= 0.3 is 0 Å². The zero-order valence-electron chi connectivity index (χ0n) is 19.4. The van der Waals surface area contributed by atoms with Crippen molar-refractivity contribution in [1.29, 1.82) is 0 Å². The molecule has 31 heavy (non-hydrogen) atoms. The fourth-order valence-electron chi connectivity index (χ4n) is 3.96. The van der Waals surface area contributed by atoms with Crippen LogP contribution in [0.2, 0.25) is 0 Å². The Bertz CT molecular complexity index is 802. The summed E-state index contributed by atoms with van der Waals surface area (Å²) in [5, 5.41) is 0. The summed E-state index contributed by atoms with van der Waals surface area (Å²) in [6.45, 7) is 6.40. The smallest absolute Gasteiger partial charge is 0.268 e. The summed E-state index contributed by atoms with van der Waals surface area (Å²) in [5.74, 6) is 1.09. The fraction of sp³-hybridized carbons (Fsp3) is 0.680. The SMILES string of the molecule is CCCCCCCC=CC1(C)CCc2cc(OC(CCCC)CS(=O)(=O)O)ccc2O1. The molecule has 1 N–H and O–H groups in total. The third-order valence-corrected chi connectivity index (χ3v) is 6.58. The number of ether oxygens (including phenoxy) is 2. The number of aryl methyl sites for hydroxylation is 1. The first-order valence-corrected chi connectivity index (χ1v) is 13.5. The highest BCUT2D eigenvalue weighted by Gasteiger charge is 2.29. The maximum atomic E-state index is 11.3. The van der Waals surface area contributed by atoms with Crippen molar-refractivity contribution in [3.05, 3.63) is 35.9 Å². The monoisotopic (exact) mass is 452 g/mol. The van der Waals surface area contributed by atoms with Crippen molar-refractivity contribution in [3.8, 4) is 11.5 Å². The maximum absolute atomic E-state index is 11.3. The second-order valence-corrected chi connectivity index (χ2v) is 10.4. The molecular formula is C25H40O5S. The minimum atomic E-state index is -4.08. The number of unbranched alkanes of at least 4 members (excludes halogenated alkanes) is 6. The van der Waals surface area contributed by atoms with Crippen LogP contribution in [-0.4, -0.2) is 30.4 Å². The van der Waals surface area contributed by atoms with Crippen LogP contribution < -0.4 is 9.47 Å². The Morgan fingerprint density at radius 1 is 1.16 bits per heavy atom. The van der Waals surface area contributed by atoms with E-state index in [0.717, 1.165) is 43.4 Å². The van der Waals surface area contributed by atoms with Crippen molar-refractivity contribution >= 4 is 10.1 Å². The third-order valence-electron chi connectivity index (χ3n) is 5.79. The highest BCUT2D eigenvalue weighted by molar-refractivity contribution is 7.85. The van der Waals surface area contributed by atoms with Crippen molar-refractivity contribution in [2.24, 2.45) is 0 Å². The van der Waals surface area contributed by atoms with E-state index in [4.69, 9.17) is 9.47 Å². The second kappa shape index (κ2) is 12.5. The van der Waals surface area contributed by atoms with Crippen LogP contribution in [0.15, 0.2) is 30.4 Å². The normalized spacial score (nSPS) is 19.7. The van der Waals surface area contributed by atoms with Gasteiger partial charge in [0, 0.05) is 0 Å². The Kier molecular flexibility index (Phi) is 10.4. The molecule has 0 aliphatic carbocycles. The average Bonchev–Trinajstić information content (AvgIpc) is 2.70. The Hall–Kier alpha value is -1.53. The predicted octanol–water partition coefficient (Wildman–Crippen LogP) is 6.51. The molecule has 5 nitrogen and oxygen atoms in total. The molecule has 1 aromatic rings. The molecule has 0 fully saturated rings. The molecule has 2 rings (SSSR count). The molecule has 176 valence electrons. The van der Waals surface area contributed by atoms with Gasteiger partial charge in [-0.15, -0.1) is 0 Å². The van der Waals surface area contributed by atoms with E-state index in [0.29, 0.717) is 12.2 Å². The van der Waals surface area contributed by atoms with E-state index in [-0.39, 0.29) is 11.4 Å². The van der Waals surface area contributed by atoms with Gasteiger partial charge in [-0.25, -0.2) is 0 Å². The number of benzene rings is 1. The summed E-state index contributed by atoms with van der Waals surface area (Å²) in [4.78, 5) is 0. The Morgan fingerprint density at radius 2 is 1.90 bits per heavy atom. The molecule has 0 saturated carbocycles. The largest absolute Gasteiger partial charge is 0.489 e. The molecule has 1 aromatic carbocycles. The predicted molar refractivity (Wildman–Crippen MR) is 127 cm³/mol. The minimum absolute atomic E-state index is 0.298. The van der Waals surface area contributed by atoms with Gasteiger partial charge in [0.05, 0.1) is 0 Å². The van der Waals surface area contributed by atoms with Gasteiger partial charge in [0.2, 0.25) is 0 Å². The molecule has 6 heteroatoms. The molecule has 1 heterocycles. The van der Waals surface area contributed by atoms with Crippen molar-refractivity contribution in [2.75, 3.05) is 5.75 Å². The van der Waals surface area contributed by atoms with Gasteiger partial charge in [-0.05, 0) is 68.9 Å².